The molecule has 0 spiro atoms. The molecule has 0 heterocycles. The molecule has 0 bridgehead atoms. The summed E-state index contributed by atoms with van der Waals surface area (Å²) in [5.74, 6) is 0.991. The molecule has 1 rings (SSSR count). The van der Waals surface area contributed by atoms with Crippen LogP contribution in [0.5, 0.6) is 5.75 Å². The van der Waals surface area contributed by atoms with Gasteiger partial charge in [0.15, 0.2) is 0 Å². The van der Waals surface area contributed by atoms with E-state index in [9.17, 15) is 5.11 Å². The molecular formula is C13H20O2. The van der Waals surface area contributed by atoms with Crippen LogP contribution in [0.25, 0.3) is 0 Å². The summed E-state index contributed by atoms with van der Waals surface area (Å²) in [6.45, 7) is 8.45. The zero-order chi connectivity index (χ0) is 11.5. The highest BCUT2D eigenvalue weighted by atomic mass is 16.5. The highest BCUT2D eigenvalue weighted by Gasteiger charge is 2.27. The molecule has 2 nitrogen and oxygen atoms in total. The molecule has 0 aromatic heterocycles. The van der Waals surface area contributed by atoms with E-state index in [1.165, 1.54) is 0 Å². The lowest BCUT2D eigenvalue weighted by Crippen LogP contribution is -2.27. The SMILES string of the molecule is CCOc1cccc(C(C)(O)C(C)C)c1. The van der Waals surface area contributed by atoms with E-state index in [0.717, 1.165) is 11.3 Å². The Morgan fingerprint density at radius 1 is 1.40 bits per heavy atom. The molecule has 0 aliphatic carbocycles. The molecule has 0 saturated carbocycles. The van der Waals surface area contributed by atoms with Crippen molar-refractivity contribution in [1.82, 2.24) is 0 Å². The van der Waals surface area contributed by atoms with Gasteiger partial charge < -0.3 is 9.84 Å². The van der Waals surface area contributed by atoms with Crippen LogP contribution in [-0.4, -0.2) is 11.7 Å². The average molecular weight is 208 g/mol. The first-order valence-electron chi connectivity index (χ1n) is 5.44. The topological polar surface area (TPSA) is 29.5 Å². The fraction of sp³-hybridized carbons (Fsp3) is 0.538. The minimum absolute atomic E-state index is 0.175. The lowest BCUT2D eigenvalue weighted by atomic mass is 9.85. The Balaban J connectivity index is 2.99. The molecule has 84 valence electrons. The van der Waals surface area contributed by atoms with Crippen molar-refractivity contribution in [3.8, 4) is 5.75 Å². The molecule has 0 radical (unpaired) electrons. The Kier molecular flexibility index (Phi) is 3.75. The van der Waals surface area contributed by atoms with Crippen LogP contribution in [0.3, 0.4) is 0 Å². The van der Waals surface area contributed by atoms with Crippen LogP contribution in [0.1, 0.15) is 33.3 Å². The maximum absolute atomic E-state index is 10.3. The summed E-state index contributed by atoms with van der Waals surface area (Å²) in [5.41, 5.74) is 0.107. The van der Waals surface area contributed by atoms with Gasteiger partial charge in [0.25, 0.3) is 0 Å². The summed E-state index contributed by atoms with van der Waals surface area (Å²) < 4.78 is 5.41. The third kappa shape index (κ3) is 2.72. The molecule has 0 amide bonds. The van der Waals surface area contributed by atoms with E-state index in [1.807, 2.05) is 52.0 Å². The van der Waals surface area contributed by atoms with Gasteiger partial charge in [-0.2, -0.15) is 0 Å². The van der Waals surface area contributed by atoms with Crippen molar-refractivity contribution in [3.63, 3.8) is 0 Å². The second kappa shape index (κ2) is 4.67. The van der Waals surface area contributed by atoms with Crippen molar-refractivity contribution in [2.75, 3.05) is 6.61 Å². The molecule has 1 N–H and O–H groups in total. The van der Waals surface area contributed by atoms with Gasteiger partial charge in [-0.05, 0) is 37.5 Å². The summed E-state index contributed by atoms with van der Waals surface area (Å²) in [6, 6.07) is 7.66. The minimum Gasteiger partial charge on any atom is -0.494 e. The molecule has 1 unspecified atom stereocenters. The molecule has 0 fully saturated rings. The van der Waals surface area contributed by atoms with Gasteiger partial charge in [-0.3, -0.25) is 0 Å². The molecule has 2 heteroatoms. The van der Waals surface area contributed by atoms with E-state index in [4.69, 9.17) is 4.74 Å². The fourth-order valence-corrected chi connectivity index (χ4v) is 1.40. The monoisotopic (exact) mass is 208 g/mol. The Hall–Kier alpha value is -1.02. The van der Waals surface area contributed by atoms with Crippen LogP contribution in [0.2, 0.25) is 0 Å². The third-order valence-electron chi connectivity index (χ3n) is 2.85. The second-order valence-electron chi connectivity index (χ2n) is 4.26. The van der Waals surface area contributed by atoms with E-state index in [-0.39, 0.29) is 5.92 Å². The minimum atomic E-state index is -0.799. The van der Waals surface area contributed by atoms with Crippen molar-refractivity contribution in [2.45, 2.75) is 33.3 Å². The van der Waals surface area contributed by atoms with Crippen LogP contribution in [0, 0.1) is 5.92 Å². The summed E-state index contributed by atoms with van der Waals surface area (Å²) in [5, 5.41) is 10.3. The number of hydrogen-bond donors (Lipinski definition) is 1. The molecule has 0 aliphatic rings. The first-order chi connectivity index (χ1) is 6.98. The highest BCUT2D eigenvalue weighted by Crippen LogP contribution is 2.30. The summed E-state index contributed by atoms with van der Waals surface area (Å²) in [4.78, 5) is 0. The molecule has 0 saturated heterocycles. The van der Waals surface area contributed by atoms with Crippen molar-refractivity contribution in [1.29, 1.82) is 0 Å². The smallest absolute Gasteiger partial charge is 0.119 e. The molecule has 0 aliphatic heterocycles. The van der Waals surface area contributed by atoms with E-state index >= 15 is 0 Å². The van der Waals surface area contributed by atoms with E-state index in [2.05, 4.69) is 0 Å². The number of ether oxygens (including phenoxy) is 1. The number of benzene rings is 1. The molecule has 1 aromatic rings. The van der Waals surface area contributed by atoms with Crippen molar-refractivity contribution >= 4 is 0 Å². The quantitative estimate of drug-likeness (QED) is 0.824. The second-order valence-corrected chi connectivity index (χ2v) is 4.26. The van der Waals surface area contributed by atoms with Crippen LogP contribution in [0.4, 0.5) is 0 Å². The fourth-order valence-electron chi connectivity index (χ4n) is 1.40. The van der Waals surface area contributed by atoms with Gasteiger partial charge >= 0.3 is 0 Å². The Morgan fingerprint density at radius 3 is 2.60 bits per heavy atom. The van der Waals surface area contributed by atoms with E-state index < -0.39 is 5.60 Å². The maximum Gasteiger partial charge on any atom is 0.119 e. The zero-order valence-electron chi connectivity index (χ0n) is 9.95. The van der Waals surface area contributed by atoms with Crippen molar-refractivity contribution < 1.29 is 9.84 Å². The molecule has 1 atom stereocenters. The largest absolute Gasteiger partial charge is 0.494 e. The van der Waals surface area contributed by atoms with Gasteiger partial charge in [0.2, 0.25) is 0 Å². The van der Waals surface area contributed by atoms with Gasteiger partial charge in [-0.15, -0.1) is 0 Å². The highest BCUT2D eigenvalue weighted by molar-refractivity contribution is 5.32. The zero-order valence-corrected chi connectivity index (χ0v) is 9.95. The summed E-state index contributed by atoms with van der Waals surface area (Å²) in [6.07, 6.45) is 0. The van der Waals surface area contributed by atoms with Gasteiger partial charge in [0.05, 0.1) is 12.2 Å². The van der Waals surface area contributed by atoms with Crippen LogP contribution < -0.4 is 4.74 Å². The first kappa shape index (κ1) is 12.1. The van der Waals surface area contributed by atoms with Crippen LogP contribution >= 0.6 is 0 Å². The predicted octanol–water partition coefficient (Wildman–Crippen LogP) is 2.95. The predicted molar refractivity (Wildman–Crippen MR) is 62.0 cm³/mol. The van der Waals surface area contributed by atoms with Gasteiger partial charge in [-0.25, -0.2) is 0 Å². The average Bonchev–Trinajstić information content (AvgIpc) is 2.18. The first-order valence-corrected chi connectivity index (χ1v) is 5.44. The van der Waals surface area contributed by atoms with Gasteiger partial charge in [0.1, 0.15) is 5.75 Å². The number of rotatable bonds is 4. The van der Waals surface area contributed by atoms with E-state index in [1.54, 1.807) is 0 Å². The summed E-state index contributed by atoms with van der Waals surface area (Å²) in [7, 11) is 0. The van der Waals surface area contributed by atoms with Crippen molar-refractivity contribution in [2.24, 2.45) is 5.92 Å². The Morgan fingerprint density at radius 2 is 2.07 bits per heavy atom. The Labute approximate surface area is 91.9 Å². The summed E-state index contributed by atoms with van der Waals surface area (Å²) >= 11 is 0. The molecule has 1 aromatic carbocycles. The Bertz CT molecular complexity index is 316. The van der Waals surface area contributed by atoms with Gasteiger partial charge in [0, 0.05) is 0 Å². The lowest BCUT2D eigenvalue weighted by Gasteiger charge is -2.28. The molecular weight excluding hydrogens is 188 g/mol. The number of aliphatic hydroxyl groups is 1. The number of hydrogen-bond acceptors (Lipinski definition) is 2. The standard InChI is InChI=1S/C13H20O2/c1-5-15-12-8-6-7-11(9-12)13(4,14)10(2)3/h6-10,14H,5H2,1-4H3. The molecule has 15 heavy (non-hydrogen) atoms. The van der Waals surface area contributed by atoms with Crippen molar-refractivity contribution in [3.05, 3.63) is 29.8 Å². The van der Waals surface area contributed by atoms with Gasteiger partial charge in [-0.1, -0.05) is 26.0 Å². The van der Waals surface area contributed by atoms with Crippen LogP contribution in [0.15, 0.2) is 24.3 Å². The normalized spacial score (nSPS) is 15.1. The van der Waals surface area contributed by atoms with E-state index in [0.29, 0.717) is 6.61 Å². The third-order valence-corrected chi connectivity index (χ3v) is 2.85. The van der Waals surface area contributed by atoms with Crippen LogP contribution in [-0.2, 0) is 5.60 Å². The maximum atomic E-state index is 10.3. The lowest BCUT2D eigenvalue weighted by molar-refractivity contribution is 0.00884.